The van der Waals surface area contributed by atoms with Gasteiger partial charge in [-0.25, -0.2) is 9.97 Å². The second-order valence-corrected chi connectivity index (χ2v) is 4.39. The number of nitrogens with zero attached hydrogens (tertiary/aromatic N) is 3. The van der Waals surface area contributed by atoms with Gasteiger partial charge in [0.15, 0.2) is 5.69 Å². The van der Waals surface area contributed by atoms with Crippen molar-refractivity contribution < 1.29 is 4.92 Å². The summed E-state index contributed by atoms with van der Waals surface area (Å²) in [6.45, 7) is 3.68. The first kappa shape index (κ1) is 13.9. The van der Waals surface area contributed by atoms with Crippen LogP contribution in [0.4, 0.5) is 11.6 Å². The number of nitrogens with one attached hydrogen (secondary N) is 1. The number of nitro groups is 1. The van der Waals surface area contributed by atoms with Gasteiger partial charge in [-0.05, 0) is 18.9 Å². The number of aryl methyl sites for hydroxylation is 2. The Hall–Kier alpha value is -2.50. The molecule has 1 aromatic carbocycles. The molecular formula is C14H16N4O2. The van der Waals surface area contributed by atoms with Crippen molar-refractivity contribution in [1.29, 1.82) is 0 Å². The maximum atomic E-state index is 11.2. The van der Waals surface area contributed by atoms with Gasteiger partial charge in [-0.2, -0.15) is 0 Å². The molecule has 0 saturated heterocycles. The van der Waals surface area contributed by atoms with Crippen molar-refractivity contribution in [2.45, 2.75) is 20.3 Å². The minimum atomic E-state index is -0.433. The van der Waals surface area contributed by atoms with E-state index in [1.165, 1.54) is 5.56 Å². The zero-order valence-corrected chi connectivity index (χ0v) is 11.7. The van der Waals surface area contributed by atoms with Crippen LogP contribution in [0.15, 0.2) is 24.3 Å². The van der Waals surface area contributed by atoms with Gasteiger partial charge in [0.2, 0.25) is 5.95 Å². The summed E-state index contributed by atoms with van der Waals surface area (Å²) in [5.74, 6) is 0.377. The Morgan fingerprint density at radius 2 is 1.90 bits per heavy atom. The fourth-order valence-corrected chi connectivity index (χ4v) is 2.00. The highest BCUT2D eigenvalue weighted by atomic mass is 16.6. The average molecular weight is 272 g/mol. The van der Waals surface area contributed by atoms with E-state index >= 15 is 0 Å². The van der Waals surface area contributed by atoms with Crippen LogP contribution in [-0.2, 0) is 6.42 Å². The van der Waals surface area contributed by atoms with E-state index in [1.807, 2.05) is 24.3 Å². The molecule has 104 valence electrons. The first-order chi connectivity index (χ1) is 9.56. The lowest BCUT2D eigenvalue weighted by Crippen LogP contribution is -2.05. The number of hydrogen-bond acceptors (Lipinski definition) is 5. The zero-order chi connectivity index (χ0) is 14.7. The number of rotatable bonds is 4. The summed E-state index contributed by atoms with van der Waals surface area (Å²) in [6, 6.07) is 7.62. The van der Waals surface area contributed by atoms with Crippen LogP contribution < -0.4 is 5.32 Å². The van der Waals surface area contributed by atoms with E-state index in [0.29, 0.717) is 17.3 Å². The normalized spacial score (nSPS) is 10.3. The summed E-state index contributed by atoms with van der Waals surface area (Å²) in [5.41, 5.74) is 2.54. The number of hydrogen-bond donors (Lipinski definition) is 1. The highest BCUT2D eigenvalue weighted by molar-refractivity contribution is 5.72. The minimum absolute atomic E-state index is 0.0479. The van der Waals surface area contributed by atoms with E-state index < -0.39 is 4.92 Å². The third-order valence-corrected chi connectivity index (χ3v) is 3.10. The van der Waals surface area contributed by atoms with Crippen LogP contribution in [0.1, 0.15) is 18.2 Å². The zero-order valence-electron chi connectivity index (χ0n) is 11.7. The van der Waals surface area contributed by atoms with Crippen molar-refractivity contribution >= 4 is 11.6 Å². The Morgan fingerprint density at radius 1 is 1.25 bits per heavy atom. The van der Waals surface area contributed by atoms with Crippen LogP contribution in [0.3, 0.4) is 0 Å². The van der Waals surface area contributed by atoms with Gasteiger partial charge in [-0.15, -0.1) is 0 Å². The van der Waals surface area contributed by atoms with E-state index in [9.17, 15) is 10.1 Å². The Bertz CT molecular complexity index is 638. The molecule has 6 nitrogen and oxygen atoms in total. The van der Waals surface area contributed by atoms with Crippen LogP contribution in [0, 0.1) is 17.0 Å². The van der Waals surface area contributed by atoms with Crippen molar-refractivity contribution in [3.8, 4) is 11.3 Å². The summed E-state index contributed by atoms with van der Waals surface area (Å²) in [6.07, 6.45) is 0.924. The molecule has 0 unspecified atom stereocenters. The van der Waals surface area contributed by atoms with Gasteiger partial charge in [0.25, 0.3) is 0 Å². The quantitative estimate of drug-likeness (QED) is 0.683. The van der Waals surface area contributed by atoms with E-state index in [4.69, 9.17) is 0 Å². The number of aromatic nitrogens is 2. The van der Waals surface area contributed by atoms with Gasteiger partial charge >= 0.3 is 5.69 Å². The van der Waals surface area contributed by atoms with Crippen molar-refractivity contribution in [3.05, 3.63) is 45.6 Å². The third-order valence-electron chi connectivity index (χ3n) is 3.10. The van der Waals surface area contributed by atoms with E-state index in [-0.39, 0.29) is 5.69 Å². The van der Waals surface area contributed by atoms with E-state index in [0.717, 1.165) is 12.0 Å². The van der Waals surface area contributed by atoms with Gasteiger partial charge in [0.05, 0.1) is 4.92 Å². The van der Waals surface area contributed by atoms with Crippen LogP contribution in [0.2, 0.25) is 0 Å². The molecule has 0 spiro atoms. The molecule has 2 aromatic rings. The lowest BCUT2D eigenvalue weighted by atomic mass is 10.1. The molecule has 1 N–H and O–H groups in total. The van der Waals surface area contributed by atoms with Crippen LogP contribution in [0.5, 0.6) is 0 Å². The molecule has 0 aliphatic heterocycles. The monoisotopic (exact) mass is 272 g/mol. The minimum Gasteiger partial charge on any atom is -0.357 e. The molecule has 20 heavy (non-hydrogen) atoms. The summed E-state index contributed by atoms with van der Waals surface area (Å²) in [7, 11) is 1.69. The Kier molecular flexibility index (Phi) is 3.93. The van der Waals surface area contributed by atoms with Crippen molar-refractivity contribution in [2.24, 2.45) is 0 Å². The largest absolute Gasteiger partial charge is 0.357 e. The van der Waals surface area contributed by atoms with Crippen LogP contribution >= 0.6 is 0 Å². The Balaban J connectivity index is 2.63. The smallest absolute Gasteiger partial charge is 0.316 e. The maximum Gasteiger partial charge on any atom is 0.316 e. The van der Waals surface area contributed by atoms with Crippen LogP contribution in [0.25, 0.3) is 11.3 Å². The summed E-state index contributed by atoms with van der Waals surface area (Å²) >= 11 is 0. The molecule has 2 rings (SSSR count). The van der Waals surface area contributed by atoms with Crippen molar-refractivity contribution in [1.82, 2.24) is 9.97 Å². The first-order valence-electron chi connectivity index (χ1n) is 6.37. The molecule has 0 bridgehead atoms. The second kappa shape index (κ2) is 5.64. The fraction of sp³-hybridized carbons (Fsp3) is 0.286. The number of anilines is 1. The Morgan fingerprint density at radius 3 is 2.40 bits per heavy atom. The molecular weight excluding hydrogens is 256 g/mol. The molecule has 1 heterocycles. The molecule has 1 aromatic heterocycles. The molecule has 0 atom stereocenters. The van der Waals surface area contributed by atoms with E-state index in [1.54, 1.807) is 14.0 Å². The van der Waals surface area contributed by atoms with Gasteiger partial charge in [0.1, 0.15) is 5.69 Å². The molecule has 0 amide bonds. The topological polar surface area (TPSA) is 81.0 Å². The maximum absolute atomic E-state index is 11.2. The fourth-order valence-electron chi connectivity index (χ4n) is 2.00. The van der Waals surface area contributed by atoms with Crippen molar-refractivity contribution in [3.63, 3.8) is 0 Å². The highest BCUT2D eigenvalue weighted by Crippen LogP contribution is 2.31. The first-order valence-corrected chi connectivity index (χ1v) is 6.37. The standard InChI is InChI=1S/C14H16N4O2/c1-4-10-5-7-11(8-6-10)12-13(18(19)20)9(2)16-14(15-3)17-12/h5-8H,4H2,1-3H3,(H,15,16,17). The molecule has 0 fully saturated rings. The van der Waals surface area contributed by atoms with Crippen LogP contribution in [-0.4, -0.2) is 21.9 Å². The van der Waals surface area contributed by atoms with Crippen molar-refractivity contribution in [2.75, 3.05) is 12.4 Å². The molecule has 0 aliphatic carbocycles. The highest BCUT2D eigenvalue weighted by Gasteiger charge is 2.22. The van der Waals surface area contributed by atoms with Gasteiger partial charge in [-0.1, -0.05) is 31.2 Å². The third kappa shape index (κ3) is 2.59. The predicted molar refractivity (Wildman–Crippen MR) is 77.8 cm³/mol. The predicted octanol–water partition coefficient (Wildman–Crippen LogP) is 2.96. The van der Waals surface area contributed by atoms with Gasteiger partial charge in [-0.3, -0.25) is 10.1 Å². The van der Waals surface area contributed by atoms with Gasteiger partial charge < -0.3 is 5.32 Å². The number of benzene rings is 1. The van der Waals surface area contributed by atoms with E-state index in [2.05, 4.69) is 22.2 Å². The summed E-state index contributed by atoms with van der Waals surface area (Å²) in [5, 5.41) is 14.1. The SMILES string of the molecule is CCc1ccc(-c2nc(NC)nc(C)c2[N+](=O)[O-])cc1. The molecule has 6 heteroatoms. The lowest BCUT2D eigenvalue weighted by Gasteiger charge is -2.08. The second-order valence-electron chi connectivity index (χ2n) is 4.39. The molecule has 0 aliphatic rings. The summed E-state index contributed by atoms with van der Waals surface area (Å²) < 4.78 is 0. The molecule has 0 radical (unpaired) electrons. The molecule has 0 saturated carbocycles. The summed E-state index contributed by atoms with van der Waals surface area (Å²) in [4.78, 5) is 19.1. The van der Waals surface area contributed by atoms with Gasteiger partial charge in [0, 0.05) is 12.6 Å². The Labute approximate surface area is 117 Å². The average Bonchev–Trinajstić information content (AvgIpc) is 2.46. The lowest BCUT2D eigenvalue weighted by molar-refractivity contribution is -0.385.